The first-order valence-electron chi connectivity index (χ1n) is 11.8. The Bertz CT molecular complexity index is 1450. The molecule has 0 spiro atoms. The number of rotatable bonds is 3. The van der Waals surface area contributed by atoms with E-state index in [0.29, 0.717) is 30.3 Å². The van der Waals surface area contributed by atoms with Crippen LogP contribution in [0.4, 0.5) is 5.82 Å². The van der Waals surface area contributed by atoms with Crippen molar-refractivity contribution < 1.29 is 13.2 Å². The number of benzene rings is 2. The third kappa shape index (κ3) is 4.51. The van der Waals surface area contributed by atoms with Crippen molar-refractivity contribution >= 4 is 32.7 Å². The fourth-order valence-corrected chi connectivity index (χ4v) is 6.05. The smallest absolute Gasteiger partial charge is 0.244 e. The molecule has 3 aromatic rings. The van der Waals surface area contributed by atoms with E-state index < -0.39 is 22.2 Å². The third-order valence-corrected chi connectivity index (χ3v) is 8.50. The van der Waals surface area contributed by atoms with Crippen molar-refractivity contribution in [2.45, 2.75) is 37.5 Å². The van der Waals surface area contributed by atoms with Crippen LogP contribution in [0.15, 0.2) is 53.4 Å². The van der Waals surface area contributed by atoms with Crippen molar-refractivity contribution in [3.63, 3.8) is 0 Å². The van der Waals surface area contributed by atoms with Crippen LogP contribution >= 0.6 is 0 Å². The molecular weight excluding hydrogens is 478 g/mol. The van der Waals surface area contributed by atoms with E-state index in [1.54, 1.807) is 0 Å². The molecule has 0 radical (unpaired) electrons. The van der Waals surface area contributed by atoms with Crippen LogP contribution in [-0.2, 0) is 21.4 Å². The van der Waals surface area contributed by atoms with E-state index >= 15 is 0 Å². The molecular formula is C25H27N7O3S. The number of nitrogens with zero attached hydrogens (tertiary/aromatic N) is 5. The van der Waals surface area contributed by atoms with Gasteiger partial charge in [0.15, 0.2) is 0 Å². The molecule has 2 N–H and O–H groups in total. The van der Waals surface area contributed by atoms with Gasteiger partial charge in [0, 0.05) is 25.0 Å². The molecule has 3 heterocycles. The van der Waals surface area contributed by atoms with Gasteiger partial charge < -0.3 is 10.6 Å². The fraction of sp³-hybridized carbons (Fsp3) is 0.360. The number of nitriles is 1. The first-order valence-corrected chi connectivity index (χ1v) is 13.3. The SMILES string of the molecule is CC(C)[C@@H]1Nc2nc(nc3ccccc23)CN2CCN(S(=O)(=O)c3ccc(C#N)cc3)CC2NC1=O. The van der Waals surface area contributed by atoms with Gasteiger partial charge in [0.1, 0.15) is 17.7 Å². The maximum atomic E-state index is 13.4. The van der Waals surface area contributed by atoms with E-state index in [2.05, 4.69) is 10.6 Å². The lowest BCUT2D eigenvalue weighted by Gasteiger charge is -2.41. The number of hydrogen-bond acceptors (Lipinski definition) is 8. The second-order valence-corrected chi connectivity index (χ2v) is 11.3. The second-order valence-electron chi connectivity index (χ2n) is 9.37. The van der Waals surface area contributed by atoms with Gasteiger partial charge in [-0.3, -0.25) is 9.69 Å². The van der Waals surface area contributed by atoms with Gasteiger partial charge in [-0.1, -0.05) is 26.0 Å². The van der Waals surface area contributed by atoms with Crippen molar-refractivity contribution in [2.75, 3.05) is 25.0 Å². The molecule has 1 saturated heterocycles. The van der Waals surface area contributed by atoms with Crippen molar-refractivity contribution in [1.82, 2.24) is 24.5 Å². The summed E-state index contributed by atoms with van der Waals surface area (Å²) in [5.41, 5.74) is 1.17. The molecule has 2 atom stereocenters. The molecule has 0 saturated carbocycles. The summed E-state index contributed by atoms with van der Waals surface area (Å²) in [4.78, 5) is 25.0. The summed E-state index contributed by atoms with van der Waals surface area (Å²) < 4.78 is 28.1. The first kappa shape index (κ1) is 24.1. The predicted molar refractivity (Wildman–Crippen MR) is 134 cm³/mol. The molecule has 11 heteroatoms. The van der Waals surface area contributed by atoms with Gasteiger partial charge in [0.2, 0.25) is 15.9 Å². The van der Waals surface area contributed by atoms with Crippen LogP contribution < -0.4 is 10.6 Å². The number of carbonyl (C=O) groups is 1. The summed E-state index contributed by atoms with van der Waals surface area (Å²) in [7, 11) is -3.81. The highest BCUT2D eigenvalue weighted by atomic mass is 32.2. The summed E-state index contributed by atoms with van der Waals surface area (Å²) in [5, 5.41) is 16.3. The summed E-state index contributed by atoms with van der Waals surface area (Å²) in [6.07, 6.45) is -0.556. The van der Waals surface area contributed by atoms with Gasteiger partial charge in [-0.25, -0.2) is 18.4 Å². The van der Waals surface area contributed by atoms with Crippen LogP contribution in [0.2, 0.25) is 0 Å². The molecule has 1 amide bonds. The van der Waals surface area contributed by atoms with Gasteiger partial charge in [-0.05, 0) is 42.3 Å². The molecule has 36 heavy (non-hydrogen) atoms. The number of anilines is 1. The van der Waals surface area contributed by atoms with Gasteiger partial charge in [-0.15, -0.1) is 0 Å². The summed E-state index contributed by atoms with van der Waals surface area (Å²) >= 11 is 0. The lowest BCUT2D eigenvalue weighted by Crippen LogP contribution is -2.62. The molecule has 5 rings (SSSR count). The minimum Gasteiger partial charge on any atom is -0.358 e. The lowest BCUT2D eigenvalue weighted by atomic mass is 10.0. The summed E-state index contributed by atoms with van der Waals surface area (Å²) in [5.74, 6) is 0.953. The number of sulfonamides is 1. The van der Waals surface area contributed by atoms with Crippen LogP contribution in [0.5, 0.6) is 0 Å². The molecule has 0 aliphatic carbocycles. The van der Waals surface area contributed by atoms with Crippen LogP contribution in [0.1, 0.15) is 25.2 Å². The Morgan fingerprint density at radius 3 is 2.53 bits per heavy atom. The number of para-hydroxylation sites is 1. The van der Waals surface area contributed by atoms with E-state index in [9.17, 15) is 13.2 Å². The zero-order valence-corrected chi connectivity index (χ0v) is 20.9. The normalized spacial score (nSPS) is 21.3. The van der Waals surface area contributed by atoms with E-state index in [1.165, 1.54) is 28.6 Å². The minimum absolute atomic E-state index is 0.0443. The van der Waals surface area contributed by atoms with Crippen LogP contribution in [0.25, 0.3) is 10.9 Å². The highest BCUT2D eigenvalue weighted by molar-refractivity contribution is 7.89. The van der Waals surface area contributed by atoms with E-state index in [0.717, 1.165) is 10.9 Å². The number of piperazine rings is 1. The molecule has 10 nitrogen and oxygen atoms in total. The molecule has 1 aromatic heterocycles. The molecule has 2 aliphatic rings. The lowest BCUT2D eigenvalue weighted by molar-refractivity contribution is -0.125. The van der Waals surface area contributed by atoms with Crippen molar-refractivity contribution in [3.05, 3.63) is 59.9 Å². The third-order valence-electron chi connectivity index (χ3n) is 6.62. The Morgan fingerprint density at radius 2 is 1.81 bits per heavy atom. The predicted octanol–water partition coefficient (Wildman–Crippen LogP) is 1.90. The number of carbonyl (C=O) groups excluding carboxylic acids is 1. The molecule has 1 unspecified atom stereocenters. The zero-order chi connectivity index (χ0) is 25.4. The quantitative estimate of drug-likeness (QED) is 0.552. The molecule has 186 valence electrons. The molecule has 2 bridgehead atoms. The number of hydrogen-bond donors (Lipinski definition) is 2. The largest absolute Gasteiger partial charge is 0.358 e. The van der Waals surface area contributed by atoms with Gasteiger partial charge in [0.05, 0.1) is 34.8 Å². The maximum Gasteiger partial charge on any atom is 0.244 e. The Morgan fingerprint density at radius 1 is 1.06 bits per heavy atom. The fourth-order valence-electron chi connectivity index (χ4n) is 4.61. The number of fused-ring (bicyclic) bond motifs is 5. The Kier molecular flexibility index (Phi) is 6.34. The van der Waals surface area contributed by atoms with Crippen molar-refractivity contribution in [2.24, 2.45) is 5.92 Å². The molecule has 2 aliphatic heterocycles. The highest BCUT2D eigenvalue weighted by Gasteiger charge is 2.37. The number of amides is 1. The first-order chi connectivity index (χ1) is 17.3. The standard InChI is InChI=1S/C25H27N7O3S/c1-16(2)23-25(33)29-22-15-32(36(34,35)18-9-7-17(13-26)8-10-18)12-11-31(22)14-21-27-20-6-4-3-5-19(20)24(28-21)30-23/h3-10,16,22-23H,11-12,14-15H2,1-2H3,(H,29,33)(H,27,28,30)/t22?,23-/m0/s1. The monoisotopic (exact) mass is 505 g/mol. The Balaban J connectivity index is 1.49. The van der Waals surface area contributed by atoms with Gasteiger partial charge >= 0.3 is 0 Å². The maximum absolute atomic E-state index is 13.4. The van der Waals surface area contributed by atoms with Gasteiger partial charge in [-0.2, -0.15) is 9.57 Å². The summed E-state index contributed by atoms with van der Waals surface area (Å²) in [6, 6.07) is 15.0. The molecule has 1 fully saturated rings. The number of aromatic nitrogens is 2. The van der Waals surface area contributed by atoms with Gasteiger partial charge in [0.25, 0.3) is 0 Å². The zero-order valence-electron chi connectivity index (χ0n) is 20.0. The summed E-state index contributed by atoms with van der Waals surface area (Å²) in [6.45, 7) is 4.99. The average Bonchev–Trinajstić information content (AvgIpc) is 2.87. The van der Waals surface area contributed by atoms with Crippen LogP contribution in [0.3, 0.4) is 0 Å². The minimum atomic E-state index is -3.81. The highest BCUT2D eigenvalue weighted by Crippen LogP contribution is 2.26. The Hall–Kier alpha value is -3.59. The van der Waals surface area contributed by atoms with Crippen LogP contribution in [-0.4, -0.2) is 65.3 Å². The Labute approximate surface area is 210 Å². The van der Waals surface area contributed by atoms with E-state index in [-0.39, 0.29) is 29.8 Å². The average molecular weight is 506 g/mol. The van der Waals surface area contributed by atoms with Crippen LogP contribution in [0, 0.1) is 17.2 Å². The second kappa shape index (κ2) is 9.46. The number of nitrogens with one attached hydrogen (secondary N) is 2. The topological polar surface area (TPSA) is 131 Å². The van der Waals surface area contributed by atoms with E-state index in [4.69, 9.17) is 15.2 Å². The molecule has 2 aromatic carbocycles. The van der Waals surface area contributed by atoms with Crippen molar-refractivity contribution in [1.29, 1.82) is 5.26 Å². The van der Waals surface area contributed by atoms with Crippen molar-refractivity contribution in [3.8, 4) is 6.07 Å². The van der Waals surface area contributed by atoms with E-state index in [1.807, 2.05) is 49.1 Å².